The molecule has 1 unspecified atom stereocenters. The highest BCUT2D eigenvalue weighted by Gasteiger charge is 2.43. The molecule has 93 heavy (non-hydrogen) atoms. The van der Waals surface area contributed by atoms with Crippen molar-refractivity contribution < 1.29 is 72.5 Å². The van der Waals surface area contributed by atoms with Crippen LogP contribution in [0.3, 0.4) is 0 Å². The molecule has 29 nitrogen and oxygen atoms in total. The van der Waals surface area contributed by atoms with E-state index in [9.17, 15) is 67.7 Å². The number of nitrogens with two attached hydrogens (primary N) is 1. The van der Waals surface area contributed by atoms with Crippen LogP contribution in [0.2, 0.25) is 0 Å². The normalized spacial score (nSPS) is 29.4. The number of nitrogens with one attached hydrogen (secondary N) is 10. The SMILES string of the molecule is CCCC[C@@H]1NC(=O)[C@H](CC2C=Nc3ccccc32)NC(=O)[C@H]([C@H](C)CC)NC(=O)[C@@H]2CSSC[C@H](NC(=O)CN)C(=O)N[C@@H](CSSC[C@@H](C(=O)O)NC(=O)[C@@H]3CCCN3C1=O)C(=O)N[C@@H](CO)C(=O)N[C@@H](CCCC)C(=O)N1CCC[C@H]1C(=O)N[C@@H](CC)C(=O)N2. The molecule has 4 saturated heterocycles. The van der Waals surface area contributed by atoms with Gasteiger partial charge in [0.1, 0.15) is 72.5 Å². The predicted molar refractivity (Wildman–Crippen MR) is 353 cm³/mol. The van der Waals surface area contributed by atoms with Crippen molar-refractivity contribution in [1.82, 2.24) is 63.0 Å². The molecule has 1 aromatic rings. The van der Waals surface area contributed by atoms with Gasteiger partial charge in [-0.2, -0.15) is 0 Å². The molecule has 14 N–H and O–H groups in total. The van der Waals surface area contributed by atoms with E-state index in [1.807, 2.05) is 26.0 Å². The largest absolute Gasteiger partial charge is 0.480 e. The van der Waals surface area contributed by atoms with Crippen LogP contribution in [-0.4, -0.2) is 225 Å². The number of aliphatic carboxylic acids is 1. The minimum absolute atomic E-state index is 0.00698. The molecule has 1 aromatic carbocycles. The standard InChI is InChI=1S/C60H90N14O15S4/c1-6-10-17-37-58(86)74-23-15-21-46(74)56(84)71-44(60(88)89)31-93-92-29-42-53(81)68-40(27-75)51(79)66-38(18-11-7-2)59(87)73-22-14-20-45(73)55(83)64-35(9-4)49(77)69-43(30-91-90-28-41(52(80)70-42)63-47(76)25-61)54(82)72-48(32(5)8-3)57(85)67-39(50(78)65-37)24-33-26-62-36-19-13-12-16-34(33)36/h12-13,16,19,26,32-33,35,37-46,48,75H,6-11,14-15,17-18,20-25,27-31,61H2,1-5H3,(H,63,76)(H,64,83)(H,65,78)(H,66,79)(H,67,85)(H,68,81)(H,69,77)(H,70,80)(H,71,84)(H,72,82)(H,88,89)/t32-,33?,35+,37+,38+,39+,40+,41+,42+,43+,44+,45+,46+,48+/m1/s1. The first-order valence-corrected chi connectivity index (χ1v) is 36.8. The number of fused-ring (bicyclic) bond motifs is 11. The van der Waals surface area contributed by atoms with E-state index in [2.05, 4.69) is 58.2 Å². The molecule has 2 bridgehead atoms. The summed E-state index contributed by atoms with van der Waals surface area (Å²) < 4.78 is 0. The number of carbonyl (C=O) groups excluding carboxylic acids is 12. The van der Waals surface area contributed by atoms with Crippen molar-refractivity contribution in [1.29, 1.82) is 0 Å². The van der Waals surface area contributed by atoms with Gasteiger partial charge in [0.25, 0.3) is 0 Å². The van der Waals surface area contributed by atoms with Crippen molar-refractivity contribution in [2.75, 3.05) is 49.3 Å². The van der Waals surface area contributed by atoms with Gasteiger partial charge in [0.05, 0.1) is 18.8 Å². The third-order valence-corrected chi connectivity index (χ3v) is 21.8. The number of hydrogen-bond donors (Lipinski definition) is 13. The fourth-order valence-corrected chi connectivity index (χ4v) is 15.9. The smallest absolute Gasteiger partial charge is 0.327 e. The van der Waals surface area contributed by atoms with Gasteiger partial charge in [0.15, 0.2) is 0 Å². The number of benzene rings is 1. The first kappa shape index (κ1) is 75.3. The Morgan fingerprint density at radius 1 is 0.613 bits per heavy atom. The van der Waals surface area contributed by atoms with E-state index in [-0.39, 0.29) is 74.6 Å². The molecule has 514 valence electrons. The summed E-state index contributed by atoms with van der Waals surface area (Å²) in [6.45, 7) is 7.43. The van der Waals surface area contributed by atoms with E-state index in [1.165, 1.54) is 9.80 Å². The summed E-state index contributed by atoms with van der Waals surface area (Å²) in [5.74, 6) is -13.6. The molecule has 0 spiro atoms. The molecule has 0 radical (unpaired) electrons. The zero-order valence-electron chi connectivity index (χ0n) is 53.1. The minimum atomic E-state index is -1.73. The van der Waals surface area contributed by atoms with Crippen LogP contribution >= 0.6 is 43.2 Å². The van der Waals surface area contributed by atoms with Gasteiger partial charge in [-0.1, -0.05) is 128 Å². The fraction of sp³-hybridized carbons (Fsp3) is 0.667. The van der Waals surface area contributed by atoms with E-state index in [4.69, 9.17) is 5.73 Å². The number of aliphatic hydroxyl groups excluding tert-OH is 1. The number of nitrogens with zero attached hydrogens (tertiary/aromatic N) is 3. The van der Waals surface area contributed by atoms with Gasteiger partial charge in [-0.25, -0.2) is 4.79 Å². The molecular weight excluding hydrogens is 1290 g/mol. The minimum Gasteiger partial charge on any atom is -0.480 e. The van der Waals surface area contributed by atoms with Crippen LogP contribution in [0.4, 0.5) is 5.69 Å². The van der Waals surface area contributed by atoms with Crippen molar-refractivity contribution in [3.05, 3.63) is 29.8 Å². The first-order valence-electron chi connectivity index (χ1n) is 31.9. The van der Waals surface area contributed by atoms with Crippen LogP contribution < -0.4 is 58.9 Å². The molecule has 0 aromatic heterocycles. The van der Waals surface area contributed by atoms with Gasteiger partial charge in [0.2, 0.25) is 70.9 Å². The molecule has 0 saturated carbocycles. The maximum atomic E-state index is 15.0. The number of amides is 12. The number of carboxylic acids is 1. The van der Waals surface area contributed by atoms with Gasteiger partial charge in [0, 0.05) is 48.2 Å². The summed E-state index contributed by atoms with van der Waals surface area (Å²) in [7, 11) is 3.68. The monoisotopic (exact) mass is 1370 g/mol. The van der Waals surface area contributed by atoms with Crippen LogP contribution in [0.5, 0.6) is 0 Å². The summed E-state index contributed by atoms with van der Waals surface area (Å²) in [5, 5.41) is 47.8. The number of rotatable bonds is 15. The van der Waals surface area contributed by atoms with Gasteiger partial charge in [-0.15, -0.1) is 0 Å². The van der Waals surface area contributed by atoms with E-state index >= 15 is 4.79 Å². The van der Waals surface area contributed by atoms with E-state index in [0.717, 1.165) is 48.7 Å². The van der Waals surface area contributed by atoms with Crippen molar-refractivity contribution in [3.8, 4) is 0 Å². The van der Waals surface area contributed by atoms with Crippen LogP contribution in [0.15, 0.2) is 29.3 Å². The Morgan fingerprint density at radius 3 is 1.68 bits per heavy atom. The molecule has 12 amide bonds. The second kappa shape index (κ2) is 37.4. The van der Waals surface area contributed by atoms with Crippen molar-refractivity contribution in [2.45, 2.75) is 197 Å². The lowest BCUT2D eigenvalue weighted by Gasteiger charge is -2.32. The van der Waals surface area contributed by atoms with Crippen LogP contribution in [-0.2, 0) is 62.3 Å². The third-order valence-electron chi connectivity index (χ3n) is 16.9. The summed E-state index contributed by atoms with van der Waals surface area (Å²) in [6, 6.07) is -9.45. The highest BCUT2D eigenvalue weighted by Crippen LogP contribution is 2.35. The number of aliphatic imine (C=N–C) groups is 1. The fourth-order valence-electron chi connectivity index (χ4n) is 11.3. The van der Waals surface area contributed by atoms with Crippen LogP contribution in [0.1, 0.15) is 130 Å². The topological polar surface area (TPSA) is 428 Å². The van der Waals surface area contributed by atoms with Crippen molar-refractivity contribution in [3.63, 3.8) is 0 Å². The average molecular weight is 1380 g/mol. The Kier molecular flexibility index (Phi) is 30.3. The summed E-state index contributed by atoms with van der Waals surface area (Å²) in [6.07, 6.45) is 5.19. The van der Waals surface area contributed by atoms with E-state index in [1.54, 1.807) is 39.1 Å². The van der Waals surface area contributed by atoms with Gasteiger partial charge < -0.3 is 78.9 Å². The maximum absolute atomic E-state index is 15.0. The quantitative estimate of drug-likeness (QED) is 0.0972. The van der Waals surface area contributed by atoms with E-state index < -0.39 is 174 Å². The molecule has 5 aliphatic heterocycles. The lowest BCUT2D eigenvalue weighted by atomic mass is 9.92. The summed E-state index contributed by atoms with van der Waals surface area (Å²) in [4.78, 5) is 193. The molecule has 5 heterocycles. The van der Waals surface area contributed by atoms with Gasteiger partial charge in [-0.3, -0.25) is 62.5 Å². The van der Waals surface area contributed by atoms with Crippen LogP contribution in [0, 0.1) is 5.92 Å². The van der Waals surface area contributed by atoms with Gasteiger partial charge in [-0.05, 0) is 68.9 Å². The average Bonchev–Trinajstić information content (AvgIpc) is 1.90. The highest BCUT2D eigenvalue weighted by molar-refractivity contribution is 8.77. The Morgan fingerprint density at radius 2 is 1.12 bits per heavy atom. The number of carbonyl (C=O) groups is 13. The Bertz CT molecular complexity index is 2900. The lowest BCUT2D eigenvalue weighted by Crippen LogP contribution is -2.61. The Labute approximate surface area is 556 Å². The number of hydrogen-bond acceptors (Lipinski definition) is 20. The third kappa shape index (κ3) is 21.2. The molecule has 33 heteroatoms. The Balaban J connectivity index is 1.46. The molecule has 5 aliphatic rings. The molecule has 0 aliphatic carbocycles. The number of para-hydroxylation sites is 1. The van der Waals surface area contributed by atoms with Crippen LogP contribution in [0.25, 0.3) is 0 Å². The lowest BCUT2D eigenvalue weighted by molar-refractivity contribution is -0.144. The molecule has 14 atom stereocenters. The van der Waals surface area contributed by atoms with Crippen molar-refractivity contribution in [2.24, 2.45) is 16.6 Å². The zero-order valence-corrected chi connectivity index (χ0v) is 56.3. The summed E-state index contributed by atoms with van der Waals surface area (Å²) >= 11 is 0. The summed E-state index contributed by atoms with van der Waals surface area (Å²) in [5.41, 5.74) is 7.10. The number of aliphatic hydroxyl groups is 1. The number of unbranched alkanes of at least 4 members (excludes halogenated alkanes) is 2. The molecular formula is C60H90N14O15S4. The molecule has 6 rings (SSSR count). The maximum Gasteiger partial charge on any atom is 0.327 e. The zero-order chi connectivity index (χ0) is 67.9. The first-order chi connectivity index (χ1) is 44.6. The highest BCUT2D eigenvalue weighted by atomic mass is 33.1. The van der Waals surface area contributed by atoms with E-state index in [0.29, 0.717) is 50.6 Å². The number of carboxylic acid groups (broad SMARTS) is 1. The van der Waals surface area contributed by atoms with Crippen molar-refractivity contribution >= 4 is 132 Å². The Hall–Kier alpha value is -6.68. The second-order valence-electron chi connectivity index (χ2n) is 23.6. The van der Waals surface area contributed by atoms with Gasteiger partial charge >= 0.3 is 5.97 Å². The second-order valence-corrected chi connectivity index (χ2v) is 28.7. The molecule has 4 fully saturated rings. The predicted octanol–water partition coefficient (Wildman–Crippen LogP) is -0.632.